The van der Waals surface area contributed by atoms with Crippen LogP contribution in [-0.4, -0.2) is 11.2 Å². The van der Waals surface area contributed by atoms with Gasteiger partial charge in [0.25, 0.3) is 0 Å². The van der Waals surface area contributed by atoms with Crippen LogP contribution in [0.3, 0.4) is 0 Å². The van der Waals surface area contributed by atoms with Gasteiger partial charge < -0.3 is 10.8 Å². The van der Waals surface area contributed by atoms with E-state index in [2.05, 4.69) is 45.0 Å². The SMILES string of the molecule is CC(C)(C)c1ccc(C2(N)CC(O)C2)cc1. The zero-order valence-electron chi connectivity index (χ0n) is 10.3. The summed E-state index contributed by atoms with van der Waals surface area (Å²) in [6.45, 7) is 6.61. The van der Waals surface area contributed by atoms with Crippen LogP contribution in [0, 0.1) is 0 Å². The molecule has 0 amide bonds. The topological polar surface area (TPSA) is 46.2 Å². The zero-order valence-corrected chi connectivity index (χ0v) is 10.3. The third-order valence-corrected chi connectivity index (χ3v) is 3.53. The Hall–Kier alpha value is -0.860. The Kier molecular flexibility index (Phi) is 2.59. The van der Waals surface area contributed by atoms with E-state index in [4.69, 9.17) is 5.73 Å². The molecule has 2 heteroatoms. The van der Waals surface area contributed by atoms with Gasteiger partial charge in [0, 0.05) is 5.54 Å². The van der Waals surface area contributed by atoms with Gasteiger partial charge in [0.05, 0.1) is 6.10 Å². The van der Waals surface area contributed by atoms with Crippen molar-refractivity contribution < 1.29 is 5.11 Å². The second kappa shape index (κ2) is 3.57. The monoisotopic (exact) mass is 219 g/mol. The summed E-state index contributed by atoms with van der Waals surface area (Å²) in [6.07, 6.45) is 1.15. The molecule has 2 nitrogen and oxygen atoms in total. The van der Waals surface area contributed by atoms with Crippen LogP contribution in [0.15, 0.2) is 24.3 Å². The molecule has 88 valence electrons. The fourth-order valence-electron chi connectivity index (χ4n) is 2.32. The molecular formula is C14H21NO. The molecule has 16 heavy (non-hydrogen) atoms. The average Bonchev–Trinajstić information content (AvgIpc) is 2.14. The standard InChI is InChI=1S/C14H21NO/c1-13(2,3)10-4-6-11(7-5-10)14(15)8-12(16)9-14/h4-7,12,16H,8-9,15H2,1-3H3. The first-order valence-corrected chi connectivity index (χ1v) is 5.89. The third-order valence-electron chi connectivity index (χ3n) is 3.53. The Morgan fingerprint density at radius 2 is 1.69 bits per heavy atom. The molecule has 1 aromatic carbocycles. The Morgan fingerprint density at radius 1 is 1.19 bits per heavy atom. The Bertz CT molecular complexity index is 369. The predicted octanol–water partition coefficient (Wildman–Crippen LogP) is 2.29. The van der Waals surface area contributed by atoms with E-state index in [0.29, 0.717) is 12.8 Å². The Balaban J connectivity index is 2.20. The van der Waals surface area contributed by atoms with Gasteiger partial charge >= 0.3 is 0 Å². The van der Waals surface area contributed by atoms with E-state index in [0.717, 1.165) is 5.56 Å². The van der Waals surface area contributed by atoms with Crippen molar-refractivity contribution in [3.05, 3.63) is 35.4 Å². The van der Waals surface area contributed by atoms with Gasteiger partial charge in [-0.3, -0.25) is 0 Å². The normalized spacial score (nSPS) is 29.9. The summed E-state index contributed by atoms with van der Waals surface area (Å²) in [4.78, 5) is 0. The van der Waals surface area contributed by atoms with Crippen molar-refractivity contribution in [1.29, 1.82) is 0 Å². The molecule has 0 spiro atoms. The van der Waals surface area contributed by atoms with E-state index in [-0.39, 0.29) is 17.1 Å². The van der Waals surface area contributed by atoms with Crippen LogP contribution < -0.4 is 5.73 Å². The first kappa shape index (κ1) is 11.6. The highest BCUT2D eigenvalue weighted by atomic mass is 16.3. The van der Waals surface area contributed by atoms with Crippen LogP contribution in [0.2, 0.25) is 0 Å². The van der Waals surface area contributed by atoms with Gasteiger partial charge in [-0.2, -0.15) is 0 Å². The summed E-state index contributed by atoms with van der Waals surface area (Å²) >= 11 is 0. The lowest BCUT2D eigenvalue weighted by Crippen LogP contribution is -2.51. The fourth-order valence-corrected chi connectivity index (χ4v) is 2.32. The third kappa shape index (κ3) is 2.00. The zero-order chi connectivity index (χ0) is 12.0. The molecule has 0 bridgehead atoms. The highest BCUT2D eigenvalue weighted by Crippen LogP contribution is 2.39. The van der Waals surface area contributed by atoms with Gasteiger partial charge in [-0.05, 0) is 29.4 Å². The average molecular weight is 219 g/mol. The van der Waals surface area contributed by atoms with E-state index in [1.165, 1.54) is 5.56 Å². The van der Waals surface area contributed by atoms with E-state index < -0.39 is 0 Å². The van der Waals surface area contributed by atoms with Crippen molar-refractivity contribution in [1.82, 2.24) is 0 Å². The smallest absolute Gasteiger partial charge is 0.0582 e. The van der Waals surface area contributed by atoms with Crippen LogP contribution in [0.25, 0.3) is 0 Å². The molecule has 0 radical (unpaired) electrons. The molecule has 1 aromatic rings. The fraction of sp³-hybridized carbons (Fsp3) is 0.571. The number of rotatable bonds is 1. The van der Waals surface area contributed by atoms with Crippen molar-refractivity contribution in [2.45, 2.75) is 50.7 Å². The molecule has 1 aliphatic rings. The second-order valence-corrected chi connectivity index (χ2v) is 6.05. The van der Waals surface area contributed by atoms with Crippen molar-refractivity contribution >= 4 is 0 Å². The number of hydrogen-bond donors (Lipinski definition) is 2. The lowest BCUT2D eigenvalue weighted by Gasteiger charge is -2.42. The summed E-state index contributed by atoms with van der Waals surface area (Å²) in [5.74, 6) is 0. The minimum Gasteiger partial charge on any atom is -0.393 e. The van der Waals surface area contributed by atoms with Crippen LogP contribution in [0.1, 0.15) is 44.7 Å². The molecule has 0 atom stereocenters. The van der Waals surface area contributed by atoms with Gasteiger partial charge in [0.15, 0.2) is 0 Å². The molecule has 0 saturated heterocycles. The molecule has 0 heterocycles. The maximum absolute atomic E-state index is 9.35. The van der Waals surface area contributed by atoms with Gasteiger partial charge in [0.1, 0.15) is 0 Å². The van der Waals surface area contributed by atoms with Crippen molar-refractivity contribution in [2.24, 2.45) is 5.73 Å². The summed E-state index contributed by atoms with van der Waals surface area (Å²) in [6, 6.07) is 8.50. The number of hydrogen-bond acceptors (Lipinski definition) is 2. The second-order valence-electron chi connectivity index (χ2n) is 6.05. The summed E-state index contributed by atoms with van der Waals surface area (Å²) in [7, 11) is 0. The van der Waals surface area contributed by atoms with Crippen LogP contribution in [0.5, 0.6) is 0 Å². The molecule has 0 aromatic heterocycles. The molecule has 3 N–H and O–H groups in total. The highest BCUT2D eigenvalue weighted by Gasteiger charge is 2.41. The number of aliphatic hydroxyl groups excluding tert-OH is 1. The predicted molar refractivity (Wildman–Crippen MR) is 66.2 cm³/mol. The lowest BCUT2D eigenvalue weighted by atomic mass is 9.70. The molecule has 1 aliphatic carbocycles. The maximum atomic E-state index is 9.35. The van der Waals surface area contributed by atoms with Crippen LogP contribution >= 0.6 is 0 Å². The van der Waals surface area contributed by atoms with Crippen LogP contribution in [0.4, 0.5) is 0 Å². The maximum Gasteiger partial charge on any atom is 0.0582 e. The lowest BCUT2D eigenvalue weighted by molar-refractivity contribution is 0.0209. The molecule has 1 saturated carbocycles. The van der Waals surface area contributed by atoms with Gasteiger partial charge in [0.2, 0.25) is 0 Å². The summed E-state index contributed by atoms with van der Waals surface area (Å²) in [5, 5.41) is 9.35. The minimum atomic E-state index is -0.296. The summed E-state index contributed by atoms with van der Waals surface area (Å²) in [5.41, 5.74) is 8.56. The molecular weight excluding hydrogens is 198 g/mol. The molecule has 1 fully saturated rings. The minimum absolute atomic E-state index is 0.180. The van der Waals surface area contributed by atoms with Crippen molar-refractivity contribution in [2.75, 3.05) is 0 Å². The summed E-state index contributed by atoms with van der Waals surface area (Å²) < 4.78 is 0. The molecule has 0 unspecified atom stereocenters. The van der Waals surface area contributed by atoms with E-state index in [9.17, 15) is 5.11 Å². The van der Waals surface area contributed by atoms with Crippen molar-refractivity contribution in [3.63, 3.8) is 0 Å². The van der Waals surface area contributed by atoms with Gasteiger partial charge in [-0.1, -0.05) is 45.0 Å². The van der Waals surface area contributed by atoms with E-state index in [1.54, 1.807) is 0 Å². The molecule has 0 aliphatic heterocycles. The quantitative estimate of drug-likeness (QED) is 0.761. The first-order chi connectivity index (χ1) is 7.31. The van der Waals surface area contributed by atoms with Gasteiger partial charge in [-0.25, -0.2) is 0 Å². The van der Waals surface area contributed by atoms with E-state index in [1.807, 2.05) is 0 Å². The first-order valence-electron chi connectivity index (χ1n) is 5.89. The van der Waals surface area contributed by atoms with Crippen molar-refractivity contribution in [3.8, 4) is 0 Å². The molecule has 2 rings (SSSR count). The van der Waals surface area contributed by atoms with Gasteiger partial charge in [-0.15, -0.1) is 0 Å². The number of nitrogens with two attached hydrogens (primary N) is 1. The highest BCUT2D eigenvalue weighted by molar-refractivity contribution is 5.33. The number of benzene rings is 1. The van der Waals surface area contributed by atoms with E-state index >= 15 is 0 Å². The largest absolute Gasteiger partial charge is 0.393 e. The Morgan fingerprint density at radius 3 is 2.06 bits per heavy atom. The Labute approximate surface area is 97.5 Å². The number of aliphatic hydroxyl groups is 1. The van der Waals surface area contributed by atoms with Crippen LogP contribution in [-0.2, 0) is 11.0 Å².